The highest BCUT2D eigenvalue weighted by Crippen LogP contribution is 2.19. The molecule has 4 nitrogen and oxygen atoms in total. The number of ether oxygens (including phenoxy) is 1. The maximum absolute atomic E-state index is 5.66. The van der Waals surface area contributed by atoms with Crippen molar-refractivity contribution in [3.05, 3.63) is 48.5 Å². The normalized spacial score (nSPS) is 18.4. The highest BCUT2D eigenvalue weighted by atomic mass is 16.5. The first-order valence-electron chi connectivity index (χ1n) is 6.67. The van der Waals surface area contributed by atoms with Crippen LogP contribution < -0.4 is 10.1 Å². The van der Waals surface area contributed by atoms with E-state index < -0.39 is 0 Å². The van der Waals surface area contributed by atoms with Crippen molar-refractivity contribution in [2.24, 2.45) is 0 Å². The van der Waals surface area contributed by atoms with Crippen molar-refractivity contribution in [2.45, 2.75) is 25.3 Å². The van der Waals surface area contributed by atoms with Crippen molar-refractivity contribution in [3.63, 3.8) is 0 Å². The molecule has 1 aromatic heterocycles. The van der Waals surface area contributed by atoms with E-state index in [0.29, 0.717) is 11.8 Å². The van der Waals surface area contributed by atoms with E-state index in [1.165, 1.54) is 12.8 Å². The quantitative estimate of drug-likeness (QED) is 0.912. The molecule has 2 heterocycles. The molecule has 0 bridgehead atoms. The van der Waals surface area contributed by atoms with E-state index in [1.54, 1.807) is 12.4 Å². The van der Waals surface area contributed by atoms with E-state index in [2.05, 4.69) is 15.3 Å². The lowest BCUT2D eigenvalue weighted by molar-refractivity contribution is 0.475. The van der Waals surface area contributed by atoms with Crippen LogP contribution in [-0.2, 0) is 6.42 Å². The molecule has 0 amide bonds. The van der Waals surface area contributed by atoms with Crippen molar-refractivity contribution in [3.8, 4) is 11.5 Å². The minimum absolute atomic E-state index is 0.529. The van der Waals surface area contributed by atoms with Crippen LogP contribution in [0.25, 0.3) is 0 Å². The molecule has 98 valence electrons. The minimum atomic E-state index is 0.529. The number of rotatable bonds is 4. The second-order valence-electron chi connectivity index (χ2n) is 4.75. The van der Waals surface area contributed by atoms with Crippen LogP contribution >= 0.6 is 0 Å². The highest BCUT2D eigenvalue weighted by molar-refractivity contribution is 5.27. The molecule has 1 atom stereocenters. The van der Waals surface area contributed by atoms with E-state index in [1.807, 2.05) is 30.3 Å². The van der Waals surface area contributed by atoms with Crippen molar-refractivity contribution in [2.75, 3.05) is 6.54 Å². The standard InChI is InChI=1S/C15H17N3O/c1-2-6-13(7-3-1)19-14-10-17-15(18-11-14)9-12-5-4-8-16-12/h1-3,6-7,10-12,16H,4-5,8-9H2. The molecule has 0 saturated carbocycles. The Morgan fingerprint density at radius 2 is 1.89 bits per heavy atom. The van der Waals surface area contributed by atoms with Gasteiger partial charge in [-0.2, -0.15) is 0 Å². The van der Waals surface area contributed by atoms with Crippen molar-refractivity contribution in [1.29, 1.82) is 0 Å². The van der Waals surface area contributed by atoms with Gasteiger partial charge in [0.2, 0.25) is 0 Å². The first-order valence-corrected chi connectivity index (χ1v) is 6.67. The first-order chi connectivity index (χ1) is 9.40. The van der Waals surface area contributed by atoms with Gasteiger partial charge in [-0.05, 0) is 31.5 Å². The van der Waals surface area contributed by atoms with E-state index in [-0.39, 0.29) is 0 Å². The lowest BCUT2D eigenvalue weighted by Gasteiger charge is -2.09. The molecule has 1 fully saturated rings. The molecule has 0 spiro atoms. The lowest BCUT2D eigenvalue weighted by Crippen LogP contribution is -2.24. The van der Waals surface area contributed by atoms with Gasteiger partial charge >= 0.3 is 0 Å². The molecule has 1 saturated heterocycles. The third-order valence-electron chi connectivity index (χ3n) is 3.25. The number of hydrogen-bond donors (Lipinski definition) is 1. The molecular formula is C15H17N3O. The molecule has 1 unspecified atom stereocenters. The Morgan fingerprint density at radius 1 is 1.11 bits per heavy atom. The van der Waals surface area contributed by atoms with Gasteiger partial charge in [-0.3, -0.25) is 0 Å². The van der Waals surface area contributed by atoms with Gasteiger partial charge in [-0.15, -0.1) is 0 Å². The van der Waals surface area contributed by atoms with Gasteiger partial charge in [-0.1, -0.05) is 18.2 Å². The van der Waals surface area contributed by atoms with Gasteiger partial charge in [0.15, 0.2) is 5.75 Å². The van der Waals surface area contributed by atoms with Crippen LogP contribution in [0.5, 0.6) is 11.5 Å². The fraction of sp³-hybridized carbons (Fsp3) is 0.333. The Bertz CT molecular complexity index is 507. The summed E-state index contributed by atoms with van der Waals surface area (Å²) >= 11 is 0. The molecule has 2 aromatic rings. The van der Waals surface area contributed by atoms with Crippen LogP contribution in [0.1, 0.15) is 18.7 Å². The highest BCUT2D eigenvalue weighted by Gasteiger charge is 2.15. The number of nitrogens with one attached hydrogen (secondary N) is 1. The van der Waals surface area contributed by atoms with E-state index >= 15 is 0 Å². The fourth-order valence-electron chi connectivity index (χ4n) is 2.28. The molecule has 3 rings (SSSR count). The van der Waals surface area contributed by atoms with Crippen molar-refractivity contribution < 1.29 is 4.74 Å². The predicted molar refractivity (Wildman–Crippen MR) is 73.3 cm³/mol. The SMILES string of the molecule is c1ccc(Oc2cnc(CC3CCCN3)nc2)cc1. The van der Waals surface area contributed by atoms with Crippen LogP contribution in [-0.4, -0.2) is 22.6 Å². The van der Waals surface area contributed by atoms with E-state index in [0.717, 1.165) is 24.5 Å². The average Bonchev–Trinajstić information content (AvgIpc) is 2.95. The molecule has 1 aliphatic rings. The Kier molecular flexibility index (Phi) is 3.70. The number of nitrogens with zero attached hydrogens (tertiary/aromatic N) is 2. The summed E-state index contributed by atoms with van der Waals surface area (Å²) in [6, 6.07) is 10.2. The van der Waals surface area contributed by atoms with Crippen LogP contribution in [0.15, 0.2) is 42.7 Å². The van der Waals surface area contributed by atoms with Crippen LogP contribution in [0, 0.1) is 0 Å². The summed E-state index contributed by atoms with van der Waals surface area (Å²) in [6.45, 7) is 1.11. The molecular weight excluding hydrogens is 238 g/mol. The van der Waals surface area contributed by atoms with Crippen LogP contribution in [0.2, 0.25) is 0 Å². The largest absolute Gasteiger partial charge is 0.454 e. The van der Waals surface area contributed by atoms with E-state index in [4.69, 9.17) is 4.74 Å². The lowest BCUT2D eigenvalue weighted by atomic mass is 10.1. The van der Waals surface area contributed by atoms with Crippen molar-refractivity contribution >= 4 is 0 Å². The zero-order chi connectivity index (χ0) is 12.9. The van der Waals surface area contributed by atoms with Gasteiger partial charge in [0.25, 0.3) is 0 Å². The van der Waals surface area contributed by atoms with Gasteiger partial charge in [0.05, 0.1) is 12.4 Å². The molecule has 19 heavy (non-hydrogen) atoms. The minimum Gasteiger partial charge on any atom is -0.454 e. The third kappa shape index (κ3) is 3.29. The molecule has 4 heteroatoms. The summed E-state index contributed by atoms with van der Waals surface area (Å²) in [4.78, 5) is 8.72. The first kappa shape index (κ1) is 12.1. The maximum atomic E-state index is 5.66. The Labute approximate surface area is 112 Å². The average molecular weight is 255 g/mol. The summed E-state index contributed by atoms with van der Waals surface area (Å²) in [5, 5.41) is 3.45. The molecule has 1 aromatic carbocycles. The molecule has 1 N–H and O–H groups in total. The monoisotopic (exact) mass is 255 g/mol. The zero-order valence-corrected chi connectivity index (χ0v) is 10.7. The summed E-state index contributed by atoms with van der Waals surface area (Å²) in [5.41, 5.74) is 0. The zero-order valence-electron chi connectivity index (χ0n) is 10.7. The Morgan fingerprint density at radius 3 is 2.58 bits per heavy atom. The number of benzene rings is 1. The summed E-state index contributed by atoms with van der Waals surface area (Å²) in [7, 11) is 0. The summed E-state index contributed by atoms with van der Waals surface area (Å²) in [5.74, 6) is 2.35. The maximum Gasteiger partial charge on any atom is 0.164 e. The van der Waals surface area contributed by atoms with Gasteiger partial charge < -0.3 is 10.1 Å². The second kappa shape index (κ2) is 5.80. The molecule has 1 aliphatic heterocycles. The van der Waals surface area contributed by atoms with Gasteiger partial charge in [-0.25, -0.2) is 9.97 Å². The predicted octanol–water partition coefficient (Wildman–Crippen LogP) is 2.56. The molecule has 0 aliphatic carbocycles. The fourth-order valence-corrected chi connectivity index (χ4v) is 2.28. The van der Waals surface area contributed by atoms with Crippen LogP contribution in [0.4, 0.5) is 0 Å². The number of hydrogen-bond acceptors (Lipinski definition) is 4. The van der Waals surface area contributed by atoms with Crippen molar-refractivity contribution in [1.82, 2.24) is 15.3 Å². The summed E-state index contributed by atoms with van der Waals surface area (Å²) in [6.07, 6.45) is 6.84. The molecule has 0 radical (unpaired) electrons. The summed E-state index contributed by atoms with van der Waals surface area (Å²) < 4.78 is 5.66. The van der Waals surface area contributed by atoms with Gasteiger partial charge in [0.1, 0.15) is 11.6 Å². The third-order valence-corrected chi connectivity index (χ3v) is 3.25. The van der Waals surface area contributed by atoms with Crippen LogP contribution in [0.3, 0.4) is 0 Å². The Balaban J connectivity index is 1.62. The topological polar surface area (TPSA) is 47.0 Å². The van der Waals surface area contributed by atoms with E-state index in [9.17, 15) is 0 Å². The second-order valence-corrected chi connectivity index (χ2v) is 4.75. The Hall–Kier alpha value is -1.94. The number of aromatic nitrogens is 2. The van der Waals surface area contributed by atoms with Gasteiger partial charge in [0, 0.05) is 12.5 Å². The number of para-hydroxylation sites is 1. The smallest absolute Gasteiger partial charge is 0.164 e.